The summed E-state index contributed by atoms with van der Waals surface area (Å²) in [5.74, 6) is -0.471. The molecule has 4 N–H and O–H groups in total. The first-order valence-corrected chi connectivity index (χ1v) is 6.83. The number of nitrogens with two attached hydrogens (primary N) is 1. The van der Waals surface area contributed by atoms with E-state index in [1.807, 2.05) is 6.92 Å². The number of carbonyl (C=O) groups excluding carboxylic acids is 1. The molecule has 5 heteroatoms. The molecule has 0 saturated heterocycles. The molecule has 102 valence electrons. The van der Waals surface area contributed by atoms with Crippen LogP contribution in [0, 0.1) is 17.8 Å². The fourth-order valence-electron chi connectivity index (χ4n) is 3.54. The number of rotatable bonds is 5. The van der Waals surface area contributed by atoms with E-state index in [1.54, 1.807) is 0 Å². The molecule has 2 rings (SSSR count). The summed E-state index contributed by atoms with van der Waals surface area (Å²) >= 11 is 0. The predicted molar refractivity (Wildman–Crippen MR) is 66.8 cm³/mol. The molecule has 0 spiro atoms. The Labute approximate surface area is 107 Å². The first kappa shape index (κ1) is 13.3. The number of fused-ring (bicyclic) bond motifs is 2. The number of hydrogen-bond donors (Lipinski definition) is 3. The Kier molecular flexibility index (Phi) is 3.90. The molecule has 1 amide bonds. The third kappa shape index (κ3) is 2.36. The van der Waals surface area contributed by atoms with Crippen LogP contribution >= 0.6 is 0 Å². The second-order valence-corrected chi connectivity index (χ2v) is 5.62. The minimum absolute atomic E-state index is 0.0835. The number of hydrogen-bond acceptors (Lipinski definition) is 3. The first-order valence-electron chi connectivity index (χ1n) is 6.83. The average molecular weight is 254 g/mol. The van der Waals surface area contributed by atoms with Crippen LogP contribution in [0.3, 0.4) is 0 Å². The van der Waals surface area contributed by atoms with Gasteiger partial charge in [0.05, 0.1) is 5.92 Å². The van der Waals surface area contributed by atoms with Crippen LogP contribution in [0.25, 0.3) is 0 Å². The molecular formula is C13H22N2O3. The molecule has 2 saturated carbocycles. The lowest BCUT2D eigenvalue weighted by atomic mass is 9.84. The van der Waals surface area contributed by atoms with Crippen molar-refractivity contribution in [1.29, 1.82) is 0 Å². The van der Waals surface area contributed by atoms with Crippen molar-refractivity contribution in [3.05, 3.63) is 0 Å². The maximum absolute atomic E-state index is 12.2. The zero-order valence-electron chi connectivity index (χ0n) is 10.8. The van der Waals surface area contributed by atoms with Gasteiger partial charge in [0.2, 0.25) is 5.91 Å². The number of carboxylic acid groups (broad SMARTS) is 1. The van der Waals surface area contributed by atoms with Crippen molar-refractivity contribution in [2.24, 2.45) is 23.5 Å². The van der Waals surface area contributed by atoms with E-state index in [0.29, 0.717) is 18.3 Å². The van der Waals surface area contributed by atoms with E-state index in [-0.39, 0.29) is 17.9 Å². The highest BCUT2D eigenvalue weighted by atomic mass is 16.4. The van der Waals surface area contributed by atoms with Crippen LogP contribution in [0.15, 0.2) is 0 Å². The van der Waals surface area contributed by atoms with E-state index in [4.69, 9.17) is 10.8 Å². The molecule has 2 aliphatic rings. The predicted octanol–water partition coefficient (Wildman–Crippen LogP) is 0.729. The summed E-state index contributed by atoms with van der Waals surface area (Å²) in [6.07, 6.45) is 4.41. The van der Waals surface area contributed by atoms with Crippen molar-refractivity contribution >= 4 is 11.9 Å². The van der Waals surface area contributed by atoms with Crippen LogP contribution in [0.1, 0.15) is 39.0 Å². The second-order valence-electron chi connectivity index (χ2n) is 5.62. The molecule has 0 radical (unpaired) electrons. The van der Waals surface area contributed by atoms with Gasteiger partial charge in [0.1, 0.15) is 6.04 Å². The highest BCUT2D eigenvalue weighted by molar-refractivity contribution is 5.86. The number of amides is 1. The molecule has 2 bridgehead atoms. The maximum atomic E-state index is 12.2. The van der Waals surface area contributed by atoms with Gasteiger partial charge in [-0.25, -0.2) is 4.79 Å². The van der Waals surface area contributed by atoms with Crippen molar-refractivity contribution in [2.75, 3.05) is 0 Å². The molecule has 2 fully saturated rings. The van der Waals surface area contributed by atoms with Gasteiger partial charge in [-0.1, -0.05) is 13.3 Å². The summed E-state index contributed by atoms with van der Waals surface area (Å²) in [5, 5.41) is 11.7. The smallest absolute Gasteiger partial charge is 0.326 e. The molecule has 5 unspecified atom stereocenters. The molecule has 0 aromatic rings. The van der Waals surface area contributed by atoms with E-state index >= 15 is 0 Å². The lowest BCUT2D eigenvalue weighted by molar-refractivity contribution is -0.143. The van der Waals surface area contributed by atoms with Gasteiger partial charge in [0.25, 0.3) is 0 Å². The van der Waals surface area contributed by atoms with Gasteiger partial charge >= 0.3 is 5.97 Å². The second kappa shape index (κ2) is 5.26. The summed E-state index contributed by atoms with van der Waals surface area (Å²) in [7, 11) is 0. The van der Waals surface area contributed by atoms with Crippen LogP contribution in [0.4, 0.5) is 0 Å². The topological polar surface area (TPSA) is 92.4 Å². The largest absolute Gasteiger partial charge is 0.480 e. The molecule has 18 heavy (non-hydrogen) atoms. The van der Waals surface area contributed by atoms with Gasteiger partial charge in [-0.05, 0) is 37.5 Å². The van der Waals surface area contributed by atoms with Crippen LogP contribution < -0.4 is 11.1 Å². The molecule has 5 nitrogen and oxygen atoms in total. The van der Waals surface area contributed by atoms with Crippen LogP contribution in [0.5, 0.6) is 0 Å². The number of carboxylic acids is 1. The van der Waals surface area contributed by atoms with Gasteiger partial charge < -0.3 is 16.2 Å². The molecule has 0 aliphatic heterocycles. The fraction of sp³-hybridized carbons (Fsp3) is 0.846. The quantitative estimate of drug-likeness (QED) is 0.674. The standard InChI is InChI=1S/C13H22N2O3/c1-2-3-9(13(17)18)15-12(16)10-7-4-5-8(6-7)11(10)14/h7-11H,2-6,14H2,1H3,(H,15,16)(H,17,18). The molecule has 0 heterocycles. The Morgan fingerprint density at radius 2 is 2.06 bits per heavy atom. The first-order chi connectivity index (χ1) is 8.54. The lowest BCUT2D eigenvalue weighted by Gasteiger charge is -2.28. The lowest BCUT2D eigenvalue weighted by Crippen LogP contribution is -2.50. The minimum atomic E-state index is -0.957. The zero-order chi connectivity index (χ0) is 13.3. The highest BCUT2D eigenvalue weighted by Crippen LogP contribution is 2.47. The van der Waals surface area contributed by atoms with Crippen LogP contribution in [0.2, 0.25) is 0 Å². The van der Waals surface area contributed by atoms with Crippen molar-refractivity contribution in [1.82, 2.24) is 5.32 Å². The van der Waals surface area contributed by atoms with E-state index in [1.165, 1.54) is 0 Å². The fourth-order valence-corrected chi connectivity index (χ4v) is 3.54. The van der Waals surface area contributed by atoms with Gasteiger partial charge in [0.15, 0.2) is 0 Å². The average Bonchev–Trinajstić information content (AvgIpc) is 2.88. The van der Waals surface area contributed by atoms with E-state index in [9.17, 15) is 9.59 Å². The van der Waals surface area contributed by atoms with E-state index in [0.717, 1.165) is 25.7 Å². The highest BCUT2D eigenvalue weighted by Gasteiger charge is 2.49. The van der Waals surface area contributed by atoms with Crippen molar-refractivity contribution in [3.8, 4) is 0 Å². The third-order valence-electron chi connectivity index (χ3n) is 4.48. The molecule has 5 atom stereocenters. The van der Waals surface area contributed by atoms with E-state index in [2.05, 4.69) is 5.32 Å². The summed E-state index contributed by atoms with van der Waals surface area (Å²) in [6.45, 7) is 1.91. The number of aliphatic carboxylic acids is 1. The molecule has 2 aliphatic carbocycles. The van der Waals surface area contributed by atoms with Crippen molar-refractivity contribution in [2.45, 2.75) is 51.1 Å². The van der Waals surface area contributed by atoms with Gasteiger partial charge in [0, 0.05) is 6.04 Å². The normalized spacial score (nSPS) is 35.4. The Morgan fingerprint density at radius 3 is 2.56 bits per heavy atom. The Balaban J connectivity index is 1.97. The minimum Gasteiger partial charge on any atom is -0.480 e. The van der Waals surface area contributed by atoms with Gasteiger partial charge in [-0.3, -0.25) is 4.79 Å². The molecular weight excluding hydrogens is 232 g/mol. The Hall–Kier alpha value is -1.10. The molecule has 0 aromatic carbocycles. The molecule has 0 aromatic heterocycles. The zero-order valence-corrected chi connectivity index (χ0v) is 10.8. The third-order valence-corrected chi connectivity index (χ3v) is 4.48. The SMILES string of the molecule is CCCC(NC(=O)C1C2CCC(C2)C1N)C(=O)O. The summed E-state index contributed by atoms with van der Waals surface area (Å²) in [4.78, 5) is 23.2. The van der Waals surface area contributed by atoms with Crippen molar-refractivity contribution in [3.63, 3.8) is 0 Å². The Morgan fingerprint density at radius 1 is 1.39 bits per heavy atom. The number of nitrogens with one attached hydrogen (secondary N) is 1. The summed E-state index contributed by atoms with van der Waals surface area (Å²) in [6, 6.07) is -0.853. The van der Waals surface area contributed by atoms with Crippen LogP contribution in [-0.4, -0.2) is 29.1 Å². The van der Waals surface area contributed by atoms with Gasteiger partial charge in [-0.2, -0.15) is 0 Å². The summed E-state index contributed by atoms with van der Waals surface area (Å²) in [5.41, 5.74) is 6.08. The monoisotopic (exact) mass is 254 g/mol. The number of carbonyl (C=O) groups is 2. The van der Waals surface area contributed by atoms with E-state index < -0.39 is 12.0 Å². The maximum Gasteiger partial charge on any atom is 0.326 e. The Bertz CT molecular complexity index is 343. The van der Waals surface area contributed by atoms with Gasteiger partial charge in [-0.15, -0.1) is 0 Å². The summed E-state index contributed by atoms with van der Waals surface area (Å²) < 4.78 is 0. The van der Waals surface area contributed by atoms with Crippen LogP contribution in [-0.2, 0) is 9.59 Å². The van der Waals surface area contributed by atoms with Crippen molar-refractivity contribution < 1.29 is 14.7 Å².